The minimum atomic E-state index is 0.178. The third kappa shape index (κ3) is 5.17. The summed E-state index contributed by atoms with van der Waals surface area (Å²) >= 11 is 23.9. The predicted molar refractivity (Wildman–Crippen MR) is 94.6 cm³/mol. The molecule has 22 heavy (non-hydrogen) atoms. The van der Waals surface area contributed by atoms with Crippen LogP contribution >= 0.6 is 46.4 Å². The zero-order chi connectivity index (χ0) is 16.1. The summed E-state index contributed by atoms with van der Waals surface area (Å²) < 4.78 is 0. The average Bonchev–Trinajstić information content (AvgIpc) is 2.45. The molecule has 0 heterocycles. The maximum absolute atomic E-state index is 12.0. The standard InChI is InChI=1S/C17H14Cl4O/c18-13-5-1-11(16(20)9-13)3-7-15(22)8-4-12-2-6-14(19)10-17(12)21/h1-2,5-6,9-10H,3-4,7-8H2. The molecule has 0 N–H and O–H groups in total. The van der Waals surface area contributed by atoms with E-state index in [1.54, 1.807) is 24.3 Å². The summed E-state index contributed by atoms with van der Waals surface area (Å²) in [5.74, 6) is 0.178. The highest BCUT2D eigenvalue weighted by Gasteiger charge is 2.08. The highest BCUT2D eigenvalue weighted by atomic mass is 35.5. The smallest absolute Gasteiger partial charge is 0.133 e. The Balaban J connectivity index is 1.85. The Morgan fingerprint density at radius 2 is 1.14 bits per heavy atom. The van der Waals surface area contributed by atoms with Crippen molar-refractivity contribution in [3.63, 3.8) is 0 Å². The van der Waals surface area contributed by atoms with Gasteiger partial charge in [-0.05, 0) is 48.2 Å². The number of Topliss-reactive ketones (excluding diaryl/α,β-unsaturated/α-hetero) is 1. The number of benzene rings is 2. The molecule has 0 saturated carbocycles. The van der Waals surface area contributed by atoms with E-state index < -0.39 is 0 Å². The van der Waals surface area contributed by atoms with Crippen LogP contribution in [0.5, 0.6) is 0 Å². The second-order valence-electron chi connectivity index (χ2n) is 5.01. The maximum atomic E-state index is 12.0. The fraction of sp³-hybridized carbons (Fsp3) is 0.235. The molecule has 0 aromatic heterocycles. The minimum absolute atomic E-state index is 0.178. The van der Waals surface area contributed by atoms with Crippen molar-refractivity contribution in [1.29, 1.82) is 0 Å². The molecule has 0 amide bonds. The van der Waals surface area contributed by atoms with Gasteiger partial charge in [-0.3, -0.25) is 4.79 Å². The van der Waals surface area contributed by atoms with Gasteiger partial charge in [0.25, 0.3) is 0 Å². The van der Waals surface area contributed by atoms with Gasteiger partial charge in [0.05, 0.1) is 0 Å². The first-order valence-corrected chi connectivity index (χ1v) is 8.36. The molecule has 0 saturated heterocycles. The summed E-state index contributed by atoms with van der Waals surface area (Å²) in [7, 11) is 0. The first kappa shape index (κ1) is 17.6. The van der Waals surface area contributed by atoms with E-state index in [0.29, 0.717) is 45.8 Å². The Hall–Kier alpha value is -0.730. The van der Waals surface area contributed by atoms with Crippen LogP contribution in [0.15, 0.2) is 36.4 Å². The lowest BCUT2D eigenvalue weighted by atomic mass is 10.0. The third-order valence-electron chi connectivity index (χ3n) is 3.38. The molecule has 0 bridgehead atoms. The van der Waals surface area contributed by atoms with Crippen LogP contribution in [0.3, 0.4) is 0 Å². The minimum Gasteiger partial charge on any atom is -0.300 e. The second kappa shape index (κ2) is 8.21. The van der Waals surface area contributed by atoms with E-state index in [2.05, 4.69) is 0 Å². The molecule has 0 radical (unpaired) electrons. The maximum Gasteiger partial charge on any atom is 0.133 e. The van der Waals surface area contributed by atoms with E-state index in [1.807, 2.05) is 12.1 Å². The third-order valence-corrected chi connectivity index (χ3v) is 4.55. The van der Waals surface area contributed by atoms with Crippen molar-refractivity contribution in [2.45, 2.75) is 25.7 Å². The molecule has 0 unspecified atom stereocenters. The average molecular weight is 376 g/mol. The van der Waals surface area contributed by atoms with Crippen molar-refractivity contribution in [2.24, 2.45) is 0 Å². The van der Waals surface area contributed by atoms with Gasteiger partial charge in [-0.25, -0.2) is 0 Å². The van der Waals surface area contributed by atoms with Crippen LogP contribution in [-0.4, -0.2) is 5.78 Å². The van der Waals surface area contributed by atoms with E-state index >= 15 is 0 Å². The Morgan fingerprint density at radius 1 is 0.727 bits per heavy atom. The molecule has 2 aromatic rings. The van der Waals surface area contributed by atoms with Crippen molar-refractivity contribution in [3.05, 3.63) is 67.6 Å². The van der Waals surface area contributed by atoms with E-state index in [4.69, 9.17) is 46.4 Å². The molecule has 0 spiro atoms. The van der Waals surface area contributed by atoms with Gasteiger partial charge in [0.2, 0.25) is 0 Å². The van der Waals surface area contributed by atoms with Crippen LogP contribution in [0.2, 0.25) is 20.1 Å². The van der Waals surface area contributed by atoms with Gasteiger partial charge in [0.15, 0.2) is 0 Å². The van der Waals surface area contributed by atoms with E-state index in [9.17, 15) is 4.79 Å². The van der Waals surface area contributed by atoms with Crippen LogP contribution in [-0.2, 0) is 17.6 Å². The highest BCUT2D eigenvalue weighted by Crippen LogP contribution is 2.24. The van der Waals surface area contributed by atoms with Crippen molar-refractivity contribution in [2.75, 3.05) is 0 Å². The molecular formula is C17H14Cl4O. The monoisotopic (exact) mass is 374 g/mol. The summed E-state index contributed by atoms with van der Waals surface area (Å²) in [6.45, 7) is 0. The van der Waals surface area contributed by atoms with Gasteiger partial charge in [0.1, 0.15) is 5.78 Å². The van der Waals surface area contributed by atoms with Crippen molar-refractivity contribution in [3.8, 4) is 0 Å². The van der Waals surface area contributed by atoms with Gasteiger partial charge >= 0.3 is 0 Å². The molecule has 0 aliphatic heterocycles. The van der Waals surface area contributed by atoms with Crippen LogP contribution in [0.1, 0.15) is 24.0 Å². The van der Waals surface area contributed by atoms with Gasteiger partial charge in [0, 0.05) is 32.9 Å². The number of halogens is 4. The van der Waals surface area contributed by atoms with E-state index in [1.165, 1.54) is 0 Å². The quantitative estimate of drug-likeness (QED) is 0.568. The molecule has 2 rings (SSSR count). The van der Waals surface area contributed by atoms with Crippen molar-refractivity contribution < 1.29 is 4.79 Å². The van der Waals surface area contributed by atoms with Crippen molar-refractivity contribution >= 4 is 52.2 Å². The molecule has 0 aliphatic rings. The Morgan fingerprint density at radius 3 is 1.50 bits per heavy atom. The van der Waals surface area contributed by atoms with Crippen molar-refractivity contribution in [1.82, 2.24) is 0 Å². The predicted octanol–water partition coefficient (Wildman–Crippen LogP) is 6.43. The number of hydrogen-bond acceptors (Lipinski definition) is 1. The van der Waals surface area contributed by atoms with E-state index in [-0.39, 0.29) is 5.78 Å². The zero-order valence-electron chi connectivity index (χ0n) is 11.7. The van der Waals surface area contributed by atoms with Gasteiger partial charge in [-0.1, -0.05) is 58.5 Å². The summed E-state index contributed by atoms with van der Waals surface area (Å²) in [6, 6.07) is 10.6. The summed E-state index contributed by atoms with van der Waals surface area (Å²) in [6.07, 6.45) is 2.13. The van der Waals surface area contributed by atoms with Crippen LogP contribution in [0.25, 0.3) is 0 Å². The Labute approximate surface area is 150 Å². The van der Waals surface area contributed by atoms with Gasteiger partial charge in [-0.2, -0.15) is 0 Å². The number of hydrogen-bond donors (Lipinski definition) is 0. The van der Waals surface area contributed by atoms with E-state index in [0.717, 1.165) is 11.1 Å². The highest BCUT2D eigenvalue weighted by molar-refractivity contribution is 6.35. The first-order valence-electron chi connectivity index (χ1n) is 6.85. The molecule has 1 nitrogen and oxygen atoms in total. The summed E-state index contributed by atoms with van der Waals surface area (Å²) in [5.41, 5.74) is 1.87. The largest absolute Gasteiger partial charge is 0.300 e. The number of aryl methyl sites for hydroxylation is 2. The molecule has 0 atom stereocenters. The van der Waals surface area contributed by atoms with Crippen LogP contribution in [0.4, 0.5) is 0 Å². The normalized spacial score (nSPS) is 10.7. The number of ketones is 1. The Kier molecular flexibility index (Phi) is 6.58. The number of carbonyl (C=O) groups is 1. The van der Waals surface area contributed by atoms with Crippen LogP contribution in [0, 0.1) is 0 Å². The lowest BCUT2D eigenvalue weighted by Crippen LogP contribution is -2.03. The lowest BCUT2D eigenvalue weighted by molar-refractivity contribution is -0.119. The lowest BCUT2D eigenvalue weighted by Gasteiger charge is -2.06. The molecule has 0 aliphatic carbocycles. The topological polar surface area (TPSA) is 17.1 Å². The number of rotatable bonds is 6. The summed E-state index contributed by atoms with van der Waals surface area (Å²) in [5, 5.41) is 2.39. The fourth-order valence-electron chi connectivity index (χ4n) is 2.12. The number of carbonyl (C=O) groups excluding carboxylic acids is 1. The van der Waals surface area contributed by atoms with Gasteiger partial charge in [-0.15, -0.1) is 0 Å². The summed E-state index contributed by atoms with van der Waals surface area (Å²) in [4.78, 5) is 12.0. The Bertz CT molecular complexity index is 625. The zero-order valence-corrected chi connectivity index (χ0v) is 14.7. The fourth-order valence-corrected chi connectivity index (χ4v) is 3.13. The van der Waals surface area contributed by atoms with Crippen LogP contribution < -0.4 is 0 Å². The molecule has 0 fully saturated rings. The molecule has 5 heteroatoms. The molecule has 2 aromatic carbocycles. The first-order chi connectivity index (χ1) is 10.5. The SMILES string of the molecule is O=C(CCc1ccc(Cl)cc1Cl)CCc1ccc(Cl)cc1Cl. The second-order valence-corrected chi connectivity index (χ2v) is 6.70. The molecular weight excluding hydrogens is 362 g/mol. The molecule has 116 valence electrons. The van der Waals surface area contributed by atoms with Gasteiger partial charge < -0.3 is 0 Å².